The number of nitrogens with zero attached hydrogens (tertiary/aromatic N) is 2. The van der Waals surface area contributed by atoms with Crippen LogP contribution >= 0.6 is 12.4 Å². The third-order valence-electron chi connectivity index (χ3n) is 3.29. The van der Waals surface area contributed by atoms with Crippen LogP contribution < -0.4 is 5.32 Å². The van der Waals surface area contributed by atoms with Gasteiger partial charge >= 0.3 is 0 Å². The lowest BCUT2D eigenvalue weighted by Gasteiger charge is -2.16. The number of likely N-dealkylation sites (N-methyl/N-ethyl adjacent to an activating group) is 1. The number of halogens is 1. The zero-order valence-electron chi connectivity index (χ0n) is 11.7. The molecule has 1 saturated heterocycles. The van der Waals surface area contributed by atoms with E-state index in [1.54, 1.807) is 7.05 Å². The van der Waals surface area contributed by atoms with E-state index in [2.05, 4.69) is 10.3 Å². The van der Waals surface area contributed by atoms with Gasteiger partial charge in [-0.15, -0.1) is 12.4 Å². The van der Waals surface area contributed by atoms with Crippen LogP contribution in [0, 0.1) is 0 Å². The maximum atomic E-state index is 12.4. The molecular formula is C11H18ClN3O4S2. The minimum Gasteiger partial charge on any atom is -0.316 e. The van der Waals surface area contributed by atoms with Gasteiger partial charge in [0.15, 0.2) is 14.9 Å². The van der Waals surface area contributed by atoms with Crippen LogP contribution in [0.15, 0.2) is 28.3 Å². The van der Waals surface area contributed by atoms with Gasteiger partial charge in [-0.3, -0.25) is 0 Å². The number of sulfone groups is 1. The van der Waals surface area contributed by atoms with Crippen LogP contribution in [0.25, 0.3) is 0 Å². The highest BCUT2D eigenvalue weighted by Crippen LogP contribution is 2.21. The predicted molar refractivity (Wildman–Crippen MR) is 80.8 cm³/mol. The maximum absolute atomic E-state index is 12.4. The van der Waals surface area contributed by atoms with E-state index < -0.39 is 19.9 Å². The molecule has 10 heteroatoms. The van der Waals surface area contributed by atoms with E-state index in [4.69, 9.17) is 0 Å². The van der Waals surface area contributed by atoms with E-state index in [1.165, 1.54) is 16.4 Å². The molecule has 1 atom stereocenters. The third-order valence-corrected chi connectivity index (χ3v) is 6.14. The van der Waals surface area contributed by atoms with Crippen molar-refractivity contribution in [3.8, 4) is 0 Å². The van der Waals surface area contributed by atoms with Gasteiger partial charge in [0, 0.05) is 31.6 Å². The van der Waals surface area contributed by atoms with Crippen LogP contribution in [0.1, 0.15) is 6.42 Å². The van der Waals surface area contributed by atoms with Gasteiger partial charge in [-0.05, 0) is 25.6 Å². The first-order valence-corrected chi connectivity index (χ1v) is 9.42. The normalized spacial score (nSPS) is 20.2. The average Bonchev–Trinajstić information content (AvgIpc) is 2.87. The fourth-order valence-corrected chi connectivity index (χ4v) is 4.08. The summed E-state index contributed by atoms with van der Waals surface area (Å²) >= 11 is 0. The van der Waals surface area contributed by atoms with Crippen molar-refractivity contribution in [2.45, 2.75) is 22.4 Å². The van der Waals surface area contributed by atoms with Crippen molar-refractivity contribution in [3.63, 3.8) is 0 Å². The molecule has 1 fully saturated rings. The molecule has 0 spiro atoms. The fourth-order valence-electron chi connectivity index (χ4n) is 2.07. The third kappa shape index (κ3) is 3.92. The summed E-state index contributed by atoms with van der Waals surface area (Å²) in [4.78, 5) is 3.73. The van der Waals surface area contributed by atoms with E-state index in [0.717, 1.165) is 18.9 Å². The van der Waals surface area contributed by atoms with Crippen molar-refractivity contribution >= 4 is 32.3 Å². The van der Waals surface area contributed by atoms with Crippen LogP contribution in [0.4, 0.5) is 0 Å². The van der Waals surface area contributed by atoms with Crippen LogP contribution in [0.5, 0.6) is 0 Å². The summed E-state index contributed by atoms with van der Waals surface area (Å²) in [5.74, 6) is 0. The fraction of sp³-hybridized carbons (Fsp3) is 0.545. The highest BCUT2D eigenvalue weighted by atomic mass is 35.5. The summed E-state index contributed by atoms with van der Waals surface area (Å²) in [6.07, 6.45) is 2.88. The molecule has 0 aliphatic carbocycles. The molecule has 2 heterocycles. The molecular weight excluding hydrogens is 338 g/mol. The van der Waals surface area contributed by atoms with Gasteiger partial charge in [-0.1, -0.05) is 0 Å². The first kappa shape index (κ1) is 18.3. The van der Waals surface area contributed by atoms with Gasteiger partial charge in [0.05, 0.1) is 0 Å². The predicted octanol–water partition coefficient (Wildman–Crippen LogP) is -0.111. The van der Waals surface area contributed by atoms with E-state index in [0.29, 0.717) is 13.1 Å². The topological polar surface area (TPSA) is 96.4 Å². The smallest absolute Gasteiger partial charge is 0.244 e. The molecule has 1 aliphatic rings. The summed E-state index contributed by atoms with van der Waals surface area (Å²) in [6, 6.07) is 2.65. The average molecular weight is 356 g/mol. The summed E-state index contributed by atoms with van der Waals surface area (Å²) in [5, 5.41) is 2.91. The molecule has 0 bridgehead atoms. The second-order valence-electron chi connectivity index (χ2n) is 4.74. The van der Waals surface area contributed by atoms with Crippen molar-refractivity contribution < 1.29 is 16.8 Å². The van der Waals surface area contributed by atoms with Crippen LogP contribution in [-0.4, -0.2) is 58.6 Å². The quantitative estimate of drug-likeness (QED) is 0.809. The van der Waals surface area contributed by atoms with Crippen molar-refractivity contribution in [2.75, 3.05) is 26.4 Å². The van der Waals surface area contributed by atoms with E-state index in [9.17, 15) is 16.8 Å². The van der Waals surface area contributed by atoms with Crippen molar-refractivity contribution in [2.24, 2.45) is 0 Å². The number of hydrogen-bond donors (Lipinski definition) is 1. The zero-order chi connectivity index (χ0) is 15.0. The van der Waals surface area contributed by atoms with Gasteiger partial charge in [0.2, 0.25) is 10.0 Å². The molecule has 0 amide bonds. The molecule has 2 rings (SSSR count). The SMILES string of the molecule is CNC1CCN(S(=O)(=O)c2ccc(S(C)(=O)=O)nc2)C1.Cl. The maximum Gasteiger partial charge on any atom is 0.244 e. The minimum absolute atomic E-state index is 0. The zero-order valence-corrected chi connectivity index (χ0v) is 14.1. The second kappa shape index (κ2) is 6.57. The molecule has 0 saturated carbocycles. The first-order valence-electron chi connectivity index (χ1n) is 6.08. The largest absolute Gasteiger partial charge is 0.316 e. The Morgan fingerprint density at radius 2 is 1.95 bits per heavy atom. The number of rotatable bonds is 4. The molecule has 21 heavy (non-hydrogen) atoms. The van der Waals surface area contributed by atoms with Gasteiger partial charge in [0.1, 0.15) is 4.90 Å². The molecule has 120 valence electrons. The Labute approximate surface area is 131 Å². The van der Waals surface area contributed by atoms with Gasteiger partial charge in [-0.25, -0.2) is 21.8 Å². The lowest BCUT2D eigenvalue weighted by atomic mass is 10.3. The van der Waals surface area contributed by atoms with E-state index in [1.807, 2.05) is 0 Å². The van der Waals surface area contributed by atoms with E-state index >= 15 is 0 Å². The summed E-state index contributed by atoms with van der Waals surface area (Å²) < 4.78 is 48.7. The van der Waals surface area contributed by atoms with Crippen LogP contribution in [0.2, 0.25) is 0 Å². The highest BCUT2D eigenvalue weighted by molar-refractivity contribution is 7.90. The summed E-state index contributed by atoms with van der Waals surface area (Å²) in [7, 11) is -5.24. The Morgan fingerprint density at radius 3 is 2.38 bits per heavy atom. The molecule has 0 radical (unpaired) electrons. The number of aromatic nitrogens is 1. The highest BCUT2D eigenvalue weighted by Gasteiger charge is 2.32. The molecule has 7 nitrogen and oxygen atoms in total. The Bertz CT molecular complexity index is 689. The van der Waals surface area contributed by atoms with Crippen molar-refractivity contribution in [3.05, 3.63) is 18.3 Å². The molecule has 1 aromatic heterocycles. The number of sulfonamides is 1. The van der Waals surface area contributed by atoms with E-state index in [-0.39, 0.29) is 28.4 Å². The lowest BCUT2D eigenvalue weighted by Crippen LogP contribution is -2.33. The van der Waals surface area contributed by atoms with Crippen LogP contribution in [-0.2, 0) is 19.9 Å². The first-order chi connectivity index (χ1) is 9.25. The summed E-state index contributed by atoms with van der Waals surface area (Å²) in [6.45, 7) is 0.855. The standard InChI is InChI=1S/C11H17N3O4S2.ClH/c1-12-9-5-6-14(8-9)20(17,18)10-3-4-11(13-7-10)19(2,15)16;/h3-4,7,9,12H,5-6,8H2,1-2H3;1H. The lowest BCUT2D eigenvalue weighted by molar-refractivity contribution is 0.464. The second-order valence-corrected chi connectivity index (χ2v) is 8.64. The molecule has 1 N–H and O–H groups in total. The monoisotopic (exact) mass is 355 g/mol. The Morgan fingerprint density at radius 1 is 1.29 bits per heavy atom. The Kier molecular flexibility index (Phi) is 5.73. The van der Waals surface area contributed by atoms with Gasteiger partial charge in [0.25, 0.3) is 0 Å². The number of hydrogen-bond acceptors (Lipinski definition) is 6. The molecule has 1 aliphatic heterocycles. The molecule has 1 unspecified atom stereocenters. The summed E-state index contributed by atoms with van der Waals surface area (Å²) in [5.41, 5.74) is 0. The van der Waals surface area contributed by atoms with Crippen molar-refractivity contribution in [1.82, 2.24) is 14.6 Å². The Balaban J connectivity index is 0.00000220. The number of pyridine rings is 1. The van der Waals surface area contributed by atoms with Gasteiger partial charge < -0.3 is 5.32 Å². The van der Waals surface area contributed by atoms with Gasteiger partial charge in [-0.2, -0.15) is 4.31 Å². The Hall–Kier alpha value is -0.740. The molecule has 1 aromatic rings. The molecule has 0 aromatic carbocycles. The minimum atomic E-state index is -3.61. The van der Waals surface area contributed by atoms with Crippen molar-refractivity contribution in [1.29, 1.82) is 0 Å². The van der Waals surface area contributed by atoms with Crippen LogP contribution in [0.3, 0.4) is 0 Å². The number of nitrogens with one attached hydrogen (secondary N) is 1.